The molecular formula is C28H39N7O11. The third-order valence-electron chi connectivity index (χ3n) is 6.85. The van der Waals surface area contributed by atoms with Gasteiger partial charge in [-0.05, 0) is 25.3 Å². The zero-order chi connectivity index (χ0) is 34.2. The monoisotopic (exact) mass is 649 g/mol. The molecule has 1 aromatic carbocycles. The van der Waals surface area contributed by atoms with Crippen molar-refractivity contribution in [2.24, 2.45) is 0 Å². The average molecular weight is 650 g/mol. The normalized spacial score (nSPS) is 16.5. The molecule has 1 fully saturated rings. The van der Waals surface area contributed by atoms with Gasteiger partial charge >= 0.3 is 5.97 Å². The molecule has 0 aromatic heterocycles. The standard InChI is InChI=1S/C28H39N7O11/c1-16(38)24(27(44)35-9-5-8-20(35)26(43)31-12-22(40)33-19(14-36)28(45)46)34-23(41)13-30-25(42)18(32-21(39)11-29-15-37)10-17-6-3-2-4-7-17/h2-4,6-7,15-16,18-20,24,36,38H,5,8-14H2,1H3,(H,29,37)(H,30,42)(H,31,43)(H,32,39)(H,33,40)(H,34,41)(H,45,46). The molecule has 18 heteroatoms. The smallest absolute Gasteiger partial charge is 0.328 e. The van der Waals surface area contributed by atoms with Gasteiger partial charge in [-0.15, -0.1) is 0 Å². The molecule has 0 aliphatic carbocycles. The zero-order valence-electron chi connectivity index (χ0n) is 25.1. The van der Waals surface area contributed by atoms with Gasteiger partial charge < -0.3 is 52.1 Å². The van der Waals surface area contributed by atoms with Crippen LogP contribution in [0.15, 0.2) is 30.3 Å². The molecule has 46 heavy (non-hydrogen) atoms. The van der Waals surface area contributed by atoms with Gasteiger partial charge in [-0.25, -0.2) is 4.79 Å². The number of benzene rings is 1. The lowest BCUT2D eigenvalue weighted by Crippen LogP contribution is -2.58. The number of aliphatic hydroxyl groups excluding tert-OH is 2. The van der Waals surface area contributed by atoms with Crippen molar-refractivity contribution in [1.29, 1.82) is 0 Å². The number of carbonyl (C=O) groups excluding carboxylic acids is 7. The number of carboxylic acids is 1. The maximum absolute atomic E-state index is 13.3. The molecule has 0 spiro atoms. The molecular weight excluding hydrogens is 610 g/mol. The lowest BCUT2D eigenvalue weighted by molar-refractivity contribution is -0.144. The first kappa shape index (κ1) is 37.1. The fourth-order valence-corrected chi connectivity index (χ4v) is 4.54. The van der Waals surface area contributed by atoms with Crippen molar-refractivity contribution in [2.75, 3.05) is 32.8 Å². The molecule has 1 aromatic rings. The first-order valence-electron chi connectivity index (χ1n) is 14.3. The Kier molecular flexibility index (Phi) is 15.0. The minimum absolute atomic E-state index is 0.0670. The molecule has 252 valence electrons. The van der Waals surface area contributed by atoms with Crippen LogP contribution in [0.3, 0.4) is 0 Å². The van der Waals surface area contributed by atoms with E-state index >= 15 is 0 Å². The lowest BCUT2D eigenvalue weighted by Gasteiger charge is -2.30. The molecule has 1 aliphatic rings. The summed E-state index contributed by atoms with van der Waals surface area (Å²) in [6, 6.07) is 3.47. The minimum atomic E-state index is -1.56. The van der Waals surface area contributed by atoms with Crippen molar-refractivity contribution in [3.8, 4) is 0 Å². The van der Waals surface area contributed by atoms with Crippen LogP contribution in [0.2, 0.25) is 0 Å². The molecule has 0 radical (unpaired) electrons. The number of nitrogens with one attached hydrogen (secondary N) is 6. The van der Waals surface area contributed by atoms with Crippen LogP contribution in [0.25, 0.3) is 0 Å². The van der Waals surface area contributed by atoms with Gasteiger partial charge in [-0.1, -0.05) is 30.3 Å². The van der Waals surface area contributed by atoms with E-state index in [-0.39, 0.29) is 25.9 Å². The highest BCUT2D eigenvalue weighted by atomic mass is 16.4. The van der Waals surface area contributed by atoms with Crippen LogP contribution >= 0.6 is 0 Å². The number of nitrogens with zero attached hydrogens (tertiary/aromatic N) is 1. The zero-order valence-corrected chi connectivity index (χ0v) is 25.1. The van der Waals surface area contributed by atoms with E-state index in [9.17, 15) is 43.5 Å². The summed E-state index contributed by atoms with van der Waals surface area (Å²) in [6.45, 7) is -1.15. The number of amides is 7. The van der Waals surface area contributed by atoms with Crippen molar-refractivity contribution >= 4 is 47.8 Å². The van der Waals surface area contributed by atoms with Gasteiger partial charge in [0.2, 0.25) is 41.9 Å². The third-order valence-corrected chi connectivity index (χ3v) is 6.85. The summed E-state index contributed by atoms with van der Waals surface area (Å²) in [5.74, 6) is -6.10. The van der Waals surface area contributed by atoms with Crippen molar-refractivity contribution < 1.29 is 53.7 Å². The summed E-state index contributed by atoms with van der Waals surface area (Å²) in [4.78, 5) is 98.5. The average Bonchev–Trinajstić information content (AvgIpc) is 3.52. The molecule has 5 atom stereocenters. The van der Waals surface area contributed by atoms with Crippen molar-refractivity contribution in [1.82, 2.24) is 36.8 Å². The summed E-state index contributed by atoms with van der Waals surface area (Å²) in [7, 11) is 0. The summed E-state index contributed by atoms with van der Waals surface area (Å²) in [5, 5.41) is 42.0. The fraction of sp³-hybridized carbons (Fsp3) is 0.500. The van der Waals surface area contributed by atoms with Crippen LogP contribution < -0.4 is 31.9 Å². The van der Waals surface area contributed by atoms with E-state index in [2.05, 4.69) is 26.6 Å². The van der Waals surface area contributed by atoms with Gasteiger partial charge in [0, 0.05) is 13.0 Å². The van der Waals surface area contributed by atoms with Gasteiger partial charge in [0.15, 0.2) is 0 Å². The number of hydrogen-bond acceptors (Lipinski definition) is 10. The predicted octanol–water partition coefficient (Wildman–Crippen LogP) is -4.89. The molecule has 0 bridgehead atoms. The molecule has 7 amide bonds. The van der Waals surface area contributed by atoms with E-state index in [1.165, 1.54) is 6.92 Å². The number of hydrogen-bond donors (Lipinski definition) is 9. The number of aliphatic hydroxyl groups is 2. The summed E-state index contributed by atoms with van der Waals surface area (Å²) < 4.78 is 0. The van der Waals surface area contributed by atoms with Gasteiger partial charge in [-0.3, -0.25) is 33.6 Å². The largest absolute Gasteiger partial charge is 0.480 e. The van der Waals surface area contributed by atoms with Crippen LogP contribution in [-0.2, 0) is 44.8 Å². The second kappa shape index (κ2) is 18.6. The maximum Gasteiger partial charge on any atom is 0.328 e. The highest BCUT2D eigenvalue weighted by molar-refractivity contribution is 5.96. The van der Waals surface area contributed by atoms with E-state index in [0.717, 1.165) is 4.90 Å². The number of likely N-dealkylation sites (tertiary alicyclic amines) is 1. The SMILES string of the molecule is CC(O)C(NC(=O)CNC(=O)C(Cc1ccccc1)NC(=O)CNC=O)C(=O)N1CCCC1C(=O)NCC(=O)NC(CO)C(=O)O. The minimum Gasteiger partial charge on any atom is -0.480 e. The number of rotatable bonds is 18. The van der Waals surface area contributed by atoms with E-state index < -0.39 is 91.4 Å². The first-order chi connectivity index (χ1) is 21.9. The summed E-state index contributed by atoms with van der Waals surface area (Å²) in [5.41, 5.74) is 0.704. The predicted molar refractivity (Wildman–Crippen MR) is 157 cm³/mol. The van der Waals surface area contributed by atoms with E-state index in [1.54, 1.807) is 30.3 Å². The summed E-state index contributed by atoms with van der Waals surface area (Å²) in [6.07, 6.45) is -0.415. The Labute approximate surface area is 263 Å². The Morgan fingerprint density at radius 1 is 0.913 bits per heavy atom. The van der Waals surface area contributed by atoms with Crippen LogP contribution in [-0.4, -0.2) is 131 Å². The van der Waals surface area contributed by atoms with Gasteiger partial charge in [0.25, 0.3) is 0 Å². The second-order valence-corrected chi connectivity index (χ2v) is 10.4. The Hall–Kier alpha value is -5.10. The Morgan fingerprint density at radius 3 is 2.13 bits per heavy atom. The molecule has 1 aliphatic heterocycles. The molecule has 9 N–H and O–H groups in total. The number of carboxylic acid groups (broad SMARTS) is 1. The molecule has 2 rings (SSSR count). The van der Waals surface area contributed by atoms with Gasteiger partial charge in [0.05, 0.1) is 32.3 Å². The van der Waals surface area contributed by atoms with E-state index in [1.807, 2.05) is 5.32 Å². The van der Waals surface area contributed by atoms with E-state index in [0.29, 0.717) is 18.4 Å². The Balaban J connectivity index is 1.99. The molecule has 0 saturated carbocycles. The fourth-order valence-electron chi connectivity index (χ4n) is 4.54. The molecule has 18 nitrogen and oxygen atoms in total. The van der Waals surface area contributed by atoms with Crippen molar-refractivity contribution in [3.63, 3.8) is 0 Å². The van der Waals surface area contributed by atoms with Crippen LogP contribution in [0, 0.1) is 0 Å². The molecule has 1 heterocycles. The quantitative estimate of drug-likeness (QED) is 0.0680. The van der Waals surface area contributed by atoms with Gasteiger partial charge in [-0.2, -0.15) is 0 Å². The van der Waals surface area contributed by atoms with E-state index in [4.69, 9.17) is 10.2 Å². The van der Waals surface area contributed by atoms with Crippen LogP contribution in [0.1, 0.15) is 25.3 Å². The topological polar surface area (TPSA) is 273 Å². The van der Waals surface area contributed by atoms with Crippen molar-refractivity contribution in [3.05, 3.63) is 35.9 Å². The number of aliphatic carboxylic acids is 1. The Bertz CT molecular complexity index is 1260. The van der Waals surface area contributed by atoms with Gasteiger partial charge in [0.1, 0.15) is 24.2 Å². The summed E-state index contributed by atoms with van der Waals surface area (Å²) >= 11 is 0. The van der Waals surface area contributed by atoms with Crippen LogP contribution in [0.4, 0.5) is 0 Å². The highest BCUT2D eigenvalue weighted by Gasteiger charge is 2.39. The Morgan fingerprint density at radius 2 is 1.52 bits per heavy atom. The maximum atomic E-state index is 13.3. The number of carbonyl (C=O) groups is 8. The third kappa shape index (κ3) is 11.8. The highest BCUT2D eigenvalue weighted by Crippen LogP contribution is 2.19. The second-order valence-electron chi connectivity index (χ2n) is 10.4. The molecule has 1 saturated heterocycles. The molecule has 5 unspecified atom stereocenters. The first-order valence-corrected chi connectivity index (χ1v) is 14.3. The van der Waals surface area contributed by atoms with Crippen LogP contribution in [0.5, 0.6) is 0 Å². The lowest BCUT2D eigenvalue weighted by atomic mass is 10.1. The van der Waals surface area contributed by atoms with Crippen molar-refractivity contribution in [2.45, 2.75) is 56.5 Å².